The van der Waals surface area contributed by atoms with Gasteiger partial charge in [0.15, 0.2) is 5.76 Å². The van der Waals surface area contributed by atoms with Gasteiger partial charge >= 0.3 is 0 Å². The van der Waals surface area contributed by atoms with E-state index in [-0.39, 0.29) is 5.91 Å². The van der Waals surface area contributed by atoms with Gasteiger partial charge in [-0.05, 0) is 11.5 Å². The van der Waals surface area contributed by atoms with E-state index in [4.69, 9.17) is 4.74 Å². The summed E-state index contributed by atoms with van der Waals surface area (Å²) in [5.74, 6) is 0.627. The molecule has 1 fully saturated rings. The molecule has 0 unspecified atom stereocenters. The molecule has 18 heavy (non-hydrogen) atoms. The van der Waals surface area contributed by atoms with Crippen molar-refractivity contribution in [2.24, 2.45) is 5.41 Å². The van der Waals surface area contributed by atoms with Crippen molar-refractivity contribution in [1.29, 1.82) is 0 Å². The standard InChI is InChI=1S/C14H24N2O2/c1-14(2,3)11-15-6-8-16(9-7-15)13(17)12-5-4-10-18-12/h5H,4,6-11H2,1-3H3. The van der Waals surface area contributed by atoms with E-state index in [0.29, 0.717) is 17.8 Å². The Kier molecular flexibility index (Phi) is 3.95. The van der Waals surface area contributed by atoms with Gasteiger partial charge in [0, 0.05) is 39.1 Å². The third-order valence-corrected chi connectivity index (χ3v) is 3.27. The first-order chi connectivity index (χ1) is 8.46. The van der Waals surface area contributed by atoms with E-state index in [9.17, 15) is 4.79 Å². The van der Waals surface area contributed by atoms with E-state index in [0.717, 1.165) is 39.1 Å². The Morgan fingerprint density at radius 1 is 1.28 bits per heavy atom. The SMILES string of the molecule is CC(C)(C)CN1CCN(C(=O)C2=CCCO2)CC1. The molecule has 0 aromatic rings. The van der Waals surface area contributed by atoms with Gasteiger partial charge in [0.1, 0.15) is 0 Å². The van der Waals surface area contributed by atoms with Crippen LogP contribution in [-0.2, 0) is 9.53 Å². The predicted molar refractivity (Wildman–Crippen MR) is 71.1 cm³/mol. The van der Waals surface area contributed by atoms with Gasteiger partial charge in [0.25, 0.3) is 5.91 Å². The van der Waals surface area contributed by atoms with Gasteiger partial charge in [-0.3, -0.25) is 9.69 Å². The molecule has 2 aliphatic rings. The third kappa shape index (κ3) is 3.48. The lowest BCUT2D eigenvalue weighted by Gasteiger charge is -2.37. The monoisotopic (exact) mass is 252 g/mol. The second-order valence-corrected chi connectivity index (χ2v) is 6.33. The number of carbonyl (C=O) groups excluding carboxylic acids is 1. The molecule has 1 amide bonds. The molecule has 0 aromatic heterocycles. The van der Waals surface area contributed by atoms with Gasteiger partial charge in [-0.25, -0.2) is 0 Å². The minimum absolute atomic E-state index is 0.0721. The number of piperazine rings is 1. The molecule has 4 heteroatoms. The lowest BCUT2D eigenvalue weighted by Crippen LogP contribution is -2.50. The van der Waals surface area contributed by atoms with Crippen molar-refractivity contribution in [2.75, 3.05) is 39.3 Å². The first kappa shape index (κ1) is 13.4. The van der Waals surface area contributed by atoms with Crippen molar-refractivity contribution in [3.8, 4) is 0 Å². The largest absolute Gasteiger partial charge is 0.488 e. The number of carbonyl (C=O) groups is 1. The normalized spacial score (nSPS) is 21.7. The van der Waals surface area contributed by atoms with Crippen LogP contribution in [0.15, 0.2) is 11.8 Å². The van der Waals surface area contributed by atoms with Gasteiger partial charge in [0.05, 0.1) is 6.61 Å². The average Bonchev–Trinajstić information content (AvgIpc) is 2.80. The highest BCUT2D eigenvalue weighted by Gasteiger charge is 2.27. The van der Waals surface area contributed by atoms with Gasteiger partial charge in [-0.15, -0.1) is 0 Å². The fourth-order valence-electron chi connectivity index (χ4n) is 2.50. The molecular weight excluding hydrogens is 228 g/mol. The molecule has 2 rings (SSSR count). The summed E-state index contributed by atoms with van der Waals surface area (Å²) in [6, 6.07) is 0. The van der Waals surface area contributed by atoms with Gasteiger partial charge in [-0.1, -0.05) is 20.8 Å². The van der Waals surface area contributed by atoms with Crippen LogP contribution in [-0.4, -0.2) is 55.0 Å². The fraction of sp³-hybridized carbons (Fsp3) is 0.786. The summed E-state index contributed by atoms with van der Waals surface area (Å²) in [5, 5.41) is 0. The van der Waals surface area contributed by atoms with Crippen LogP contribution in [0.5, 0.6) is 0 Å². The van der Waals surface area contributed by atoms with E-state index < -0.39 is 0 Å². The summed E-state index contributed by atoms with van der Waals surface area (Å²) in [6.07, 6.45) is 2.77. The number of ether oxygens (including phenoxy) is 1. The van der Waals surface area contributed by atoms with Crippen LogP contribution in [0, 0.1) is 5.41 Å². The maximum atomic E-state index is 12.1. The molecule has 0 radical (unpaired) electrons. The van der Waals surface area contributed by atoms with Gasteiger partial charge in [0.2, 0.25) is 0 Å². The smallest absolute Gasteiger partial charge is 0.288 e. The van der Waals surface area contributed by atoms with E-state index in [1.165, 1.54) is 0 Å². The van der Waals surface area contributed by atoms with Crippen LogP contribution >= 0.6 is 0 Å². The quantitative estimate of drug-likeness (QED) is 0.746. The van der Waals surface area contributed by atoms with Crippen LogP contribution < -0.4 is 0 Å². The Balaban J connectivity index is 1.81. The molecule has 0 aliphatic carbocycles. The Morgan fingerprint density at radius 2 is 1.94 bits per heavy atom. The average molecular weight is 252 g/mol. The van der Waals surface area contributed by atoms with Gasteiger partial charge < -0.3 is 9.64 Å². The zero-order valence-electron chi connectivity index (χ0n) is 11.7. The molecule has 2 heterocycles. The van der Waals surface area contributed by atoms with Crippen molar-refractivity contribution < 1.29 is 9.53 Å². The second-order valence-electron chi connectivity index (χ2n) is 6.33. The van der Waals surface area contributed by atoms with E-state index >= 15 is 0 Å². The van der Waals surface area contributed by atoms with Crippen LogP contribution in [0.1, 0.15) is 27.2 Å². The summed E-state index contributed by atoms with van der Waals surface area (Å²) in [4.78, 5) is 16.5. The third-order valence-electron chi connectivity index (χ3n) is 3.27. The first-order valence-electron chi connectivity index (χ1n) is 6.80. The topological polar surface area (TPSA) is 32.8 Å². The number of hydrogen-bond acceptors (Lipinski definition) is 3. The number of rotatable bonds is 2. The Hall–Kier alpha value is -1.03. The second kappa shape index (κ2) is 5.31. The predicted octanol–water partition coefficient (Wildman–Crippen LogP) is 1.48. The molecule has 0 aromatic carbocycles. The lowest BCUT2D eigenvalue weighted by molar-refractivity contribution is -0.132. The highest BCUT2D eigenvalue weighted by Crippen LogP contribution is 2.18. The van der Waals surface area contributed by atoms with Crippen LogP contribution in [0.3, 0.4) is 0 Å². The zero-order valence-corrected chi connectivity index (χ0v) is 11.7. The first-order valence-corrected chi connectivity index (χ1v) is 6.80. The maximum Gasteiger partial charge on any atom is 0.288 e. The van der Waals surface area contributed by atoms with Crippen molar-refractivity contribution in [1.82, 2.24) is 9.80 Å². The summed E-state index contributed by atoms with van der Waals surface area (Å²) in [5.41, 5.74) is 0.323. The molecular formula is C14H24N2O2. The Morgan fingerprint density at radius 3 is 2.44 bits per heavy atom. The van der Waals surface area contributed by atoms with Crippen molar-refractivity contribution in [3.63, 3.8) is 0 Å². The van der Waals surface area contributed by atoms with E-state index in [2.05, 4.69) is 25.7 Å². The molecule has 0 bridgehead atoms. The molecule has 0 spiro atoms. The van der Waals surface area contributed by atoms with E-state index in [1.807, 2.05) is 11.0 Å². The number of amides is 1. The van der Waals surface area contributed by atoms with Crippen LogP contribution in [0.4, 0.5) is 0 Å². The highest BCUT2D eigenvalue weighted by atomic mass is 16.5. The summed E-state index contributed by atoms with van der Waals surface area (Å²) in [7, 11) is 0. The molecule has 0 atom stereocenters. The van der Waals surface area contributed by atoms with Gasteiger partial charge in [-0.2, -0.15) is 0 Å². The van der Waals surface area contributed by atoms with Crippen LogP contribution in [0.2, 0.25) is 0 Å². The minimum atomic E-state index is 0.0721. The van der Waals surface area contributed by atoms with Crippen molar-refractivity contribution in [2.45, 2.75) is 27.2 Å². The zero-order chi connectivity index (χ0) is 13.2. The van der Waals surface area contributed by atoms with Crippen molar-refractivity contribution in [3.05, 3.63) is 11.8 Å². The van der Waals surface area contributed by atoms with Crippen molar-refractivity contribution >= 4 is 5.91 Å². The molecule has 1 saturated heterocycles. The maximum absolute atomic E-state index is 12.1. The van der Waals surface area contributed by atoms with E-state index in [1.54, 1.807) is 0 Å². The number of hydrogen-bond donors (Lipinski definition) is 0. The molecule has 4 nitrogen and oxygen atoms in total. The minimum Gasteiger partial charge on any atom is -0.488 e. The lowest BCUT2D eigenvalue weighted by atomic mass is 9.96. The molecule has 0 N–H and O–H groups in total. The summed E-state index contributed by atoms with van der Waals surface area (Å²) < 4.78 is 5.33. The molecule has 0 saturated carbocycles. The fourth-order valence-corrected chi connectivity index (χ4v) is 2.50. The number of nitrogens with zero attached hydrogens (tertiary/aromatic N) is 2. The highest BCUT2D eigenvalue weighted by molar-refractivity contribution is 5.91. The summed E-state index contributed by atoms with van der Waals surface area (Å²) in [6.45, 7) is 12.1. The Bertz CT molecular complexity index is 336. The Labute approximate surface area is 110 Å². The summed E-state index contributed by atoms with van der Waals surface area (Å²) >= 11 is 0. The molecule has 102 valence electrons. The molecule has 2 aliphatic heterocycles. The van der Waals surface area contributed by atoms with Crippen LogP contribution in [0.25, 0.3) is 0 Å².